The summed E-state index contributed by atoms with van der Waals surface area (Å²) >= 11 is 0. The predicted molar refractivity (Wildman–Crippen MR) is 78.0 cm³/mol. The highest BCUT2D eigenvalue weighted by Gasteiger charge is 2.10. The van der Waals surface area contributed by atoms with Crippen molar-refractivity contribution in [2.75, 3.05) is 0 Å². The lowest BCUT2D eigenvalue weighted by Crippen LogP contribution is -2.17. The van der Waals surface area contributed by atoms with Crippen LogP contribution in [0, 0.1) is 12.7 Å². The molecule has 0 unspecified atom stereocenters. The number of aliphatic hydroxyl groups is 1. The highest BCUT2D eigenvalue weighted by molar-refractivity contribution is 5.95. The van der Waals surface area contributed by atoms with Gasteiger partial charge in [0.25, 0.3) is 5.91 Å². The Hall–Kier alpha value is -2.80. The second-order valence-electron chi connectivity index (χ2n) is 4.50. The maximum Gasteiger partial charge on any atom is 0.271 e. The number of aromatic nitrogens is 1. The summed E-state index contributed by atoms with van der Waals surface area (Å²) in [4.78, 5) is 15.7. The number of hydrogen-bond acceptors (Lipinski definition) is 5. The van der Waals surface area contributed by atoms with Gasteiger partial charge in [-0.25, -0.2) is 9.82 Å². The molecule has 3 N–H and O–H groups in total. The van der Waals surface area contributed by atoms with E-state index in [1.165, 1.54) is 30.6 Å². The van der Waals surface area contributed by atoms with Crippen LogP contribution in [0.5, 0.6) is 5.75 Å². The minimum atomic E-state index is -0.591. The van der Waals surface area contributed by atoms with Crippen molar-refractivity contribution in [2.45, 2.75) is 13.5 Å². The van der Waals surface area contributed by atoms with Crippen LogP contribution < -0.4 is 5.43 Å². The molecule has 2 rings (SSSR count). The van der Waals surface area contributed by atoms with Crippen LogP contribution in [0.2, 0.25) is 0 Å². The largest absolute Gasteiger partial charge is 0.505 e. The van der Waals surface area contributed by atoms with Crippen LogP contribution in [0.15, 0.2) is 35.6 Å². The van der Waals surface area contributed by atoms with Gasteiger partial charge in [-0.05, 0) is 25.1 Å². The number of rotatable bonds is 4. The van der Waals surface area contributed by atoms with Gasteiger partial charge in [-0.15, -0.1) is 0 Å². The van der Waals surface area contributed by atoms with Crippen molar-refractivity contribution < 1.29 is 19.4 Å². The topological polar surface area (TPSA) is 94.8 Å². The van der Waals surface area contributed by atoms with E-state index in [-0.39, 0.29) is 23.5 Å². The summed E-state index contributed by atoms with van der Waals surface area (Å²) < 4.78 is 13.0. The number of aliphatic hydroxyl groups excluding tert-OH is 1. The number of amides is 1. The minimum absolute atomic E-state index is 0.120. The molecule has 0 saturated heterocycles. The molecule has 0 spiro atoms. The Morgan fingerprint density at radius 3 is 2.95 bits per heavy atom. The first-order chi connectivity index (χ1) is 10.5. The number of carbonyl (C=O) groups excluding carboxylic acids is 1. The first-order valence-electron chi connectivity index (χ1n) is 6.40. The summed E-state index contributed by atoms with van der Waals surface area (Å²) in [6.45, 7) is 1.26. The maximum atomic E-state index is 13.0. The normalized spacial score (nSPS) is 10.9. The van der Waals surface area contributed by atoms with Crippen LogP contribution >= 0.6 is 0 Å². The third kappa shape index (κ3) is 3.44. The lowest BCUT2D eigenvalue weighted by molar-refractivity contribution is 0.0954. The molecule has 0 radical (unpaired) electrons. The Morgan fingerprint density at radius 1 is 1.50 bits per heavy atom. The lowest BCUT2D eigenvalue weighted by atomic mass is 10.1. The second kappa shape index (κ2) is 6.77. The van der Waals surface area contributed by atoms with E-state index in [1.54, 1.807) is 6.92 Å². The predicted octanol–water partition coefficient (Wildman–Crippen LogP) is 1.49. The van der Waals surface area contributed by atoms with E-state index < -0.39 is 11.7 Å². The standard InChI is InChI=1S/C15H14FN3O3/c1-9-14(21)13(11(8-20)6-17-9)7-18-19-15(22)10-3-2-4-12(16)5-10/h2-7,20-21H,8H2,1H3,(H,19,22)/b18-7+. The molecule has 1 amide bonds. The molecule has 22 heavy (non-hydrogen) atoms. The third-order valence-corrected chi connectivity index (χ3v) is 2.97. The molecule has 1 aromatic heterocycles. The molecule has 0 atom stereocenters. The van der Waals surface area contributed by atoms with Gasteiger partial charge in [-0.1, -0.05) is 6.07 Å². The first kappa shape index (κ1) is 15.6. The van der Waals surface area contributed by atoms with Crippen molar-refractivity contribution in [3.05, 3.63) is 58.7 Å². The number of hydrogen-bond donors (Lipinski definition) is 3. The maximum absolute atomic E-state index is 13.0. The third-order valence-electron chi connectivity index (χ3n) is 2.97. The highest BCUT2D eigenvalue weighted by Crippen LogP contribution is 2.21. The fourth-order valence-corrected chi connectivity index (χ4v) is 1.77. The fourth-order valence-electron chi connectivity index (χ4n) is 1.77. The molecule has 1 heterocycles. The minimum Gasteiger partial charge on any atom is -0.505 e. The van der Waals surface area contributed by atoms with Gasteiger partial charge in [0.05, 0.1) is 18.5 Å². The highest BCUT2D eigenvalue weighted by atomic mass is 19.1. The SMILES string of the molecule is Cc1ncc(CO)c(/C=N/NC(=O)c2cccc(F)c2)c1O. The van der Waals surface area contributed by atoms with Gasteiger partial charge in [-0.3, -0.25) is 9.78 Å². The molecule has 0 aliphatic heterocycles. The molecule has 7 heteroatoms. The number of carbonyl (C=O) groups is 1. The summed E-state index contributed by atoms with van der Waals surface area (Å²) in [5.41, 5.74) is 3.34. The summed E-state index contributed by atoms with van der Waals surface area (Å²) in [7, 11) is 0. The smallest absolute Gasteiger partial charge is 0.271 e. The van der Waals surface area contributed by atoms with E-state index in [1.807, 2.05) is 0 Å². The molecule has 0 bridgehead atoms. The molecular formula is C15H14FN3O3. The average molecular weight is 303 g/mol. The van der Waals surface area contributed by atoms with Gasteiger partial charge in [0.1, 0.15) is 11.6 Å². The summed E-state index contributed by atoms with van der Waals surface area (Å²) in [5, 5.41) is 22.8. The van der Waals surface area contributed by atoms with Gasteiger partial charge >= 0.3 is 0 Å². The summed E-state index contributed by atoms with van der Waals surface area (Å²) in [5.74, 6) is -1.25. The van der Waals surface area contributed by atoms with Crippen LogP contribution in [0.4, 0.5) is 4.39 Å². The number of hydrazone groups is 1. The Bertz CT molecular complexity index is 732. The van der Waals surface area contributed by atoms with Crippen molar-refractivity contribution in [2.24, 2.45) is 5.10 Å². The van der Waals surface area contributed by atoms with Crippen molar-refractivity contribution in [1.29, 1.82) is 0 Å². The molecule has 0 saturated carbocycles. The molecule has 6 nitrogen and oxygen atoms in total. The van der Waals surface area contributed by atoms with Crippen molar-refractivity contribution in [3.8, 4) is 5.75 Å². The number of pyridine rings is 1. The quantitative estimate of drug-likeness (QED) is 0.589. The van der Waals surface area contributed by atoms with E-state index in [4.69, 9.17) is 0 Å². The molecule has 0 fully saturated rings. The Morgan fingerprint density at radius 2 is 2.27 bits per heavy atom. The van der Waals surface area contributed by atoms with E-state index in [0.29, 0.717) is 11.3 Å². The molecule has 0 aliphatic rings. The van der Waals surface area contributed by atoms with Crippen molar-refractivity contribution in [1.82, 2.24) is 10.4 Å². The molecule has 1 aromatic carbocycles. The molecule has 114 valence electrons. The lowest BCUT2D eigenvalue weighted by Gasteiger charge is -2.07. The molecule has 2 aromatic rings. The number of aryl methyl sites for hydroxylation is 1. The molecule has 0 aliphatic carbocycles. The number of halogens is 1. The average Bonchev–Trinajstić information content (AvgIpc) is 2.51. The zero-order valence-corrected chi connectivity index (χ0v) is 11.7. The number of nitrogens with one attached hydrogen (secondary N) is 1. The van der Waals surface area contributed by atoms with Crippen LogP contribution in [-0.4, -0.2) is 27.3 Å². The van der Waals surface area contributed by atoms with E-state index in [0.717, 1.165) is 6.07 Å². The summed E-state index contributed by atoms with van der Waals surface area (Å²) in [6.07, 6.45) is 2.61. The zero-order chi connectivity index (χ0) is 16.1. The fraction of sp³-hybridized carbons (Fsp3) is 0.133. The first-order valence-corrected chi connectivity index (χ1v) is 6.40. The zero-order valence-electron chi connectivity index (χ0n) is 11.7. The van der Waals surface area contributed by atoms with Crippen molar-refractivity contribution in [3.63, 3.8) is 0 Å². The van der Waals surface area contributed by atoms with Crippen LogP contribution in [-0.2, 0) is 6.61 Å². The van der Waals surface area contributed by atoms with Gasteiger partial charge < -0.3 is 10.2 Å². The van der Waals surface area contributed by atoms with Crippen molar-refractivity contribution >= 4 is 12.1 Å². The number of benzene rings is 1. The Kier molecular flexibility index (Phi) is 4.80. The van der Waals surface area contributed by atoms with Gasteiger partial charge in [0.2, 0.25) is 0 Å². The summed E-state index contributed by atoms with van der Waals surface area (Å²) in [6, 6.07) is 5.17. The number of nitrogens with zero attached hydrogens (tertiary/aromatic N) is 2. The Labute approximate surface area is 125 Å². The van der Waals surface area contributed by atoms with Crippen LogP contribution in [0.1, 0.15) is 27.2 Å². The molecular weight excluding hydrogens is 289 g/mol. The second-order valence-corrected chi connectivity index (χ2v) is 4.50. The van der Waals surface area contributed by atoms with E-state index in [9.17, 15) is 19.4 Å². The van der Waals surface area contributed by atoms with Gasteiger partial charge in [-0.2, -0.15) is 5.10 Å². The van der Waals surface area contributed by atoms with Gasteiger partial charge in [0, 0.05) is 22.9 Å². The number of aromatic hydroxyl groups is 1. The van der Waals surface area contributed by atoms with Crippen LogP contribution in [0.3, 0.4) is 0 Å². The Balaban J connectivity index is 2.16. The van der Waals surface area contributed by atoms with Crippen LogP contribution in [0.25, 0.3) is 0 Å². The van der Waals surface area contributed by atoms with Gasteiger partial charge in [0.15, 0.2) is 0 Å². The monoisotopic (exact) mass is 303 g/mol. The van der Waals surface area contributed by atoms with E-state index >= 15 is 0 Å². The van der Waals surface area contributed by atoms with E-state index in [2.05, 4.69) is 15.5 Å².